The van der Waals surface area contributed by atoms with Gasteiger partial charge in [0.15, 0.2) is 0 Å². The summed E-state index contributed by atoms with van der Waals surface area (Å²) in [5, 5.41) is 0. The first-order chi connectivity index (χ1) is 13.0. The molecule has 9 nitrogen and oxygen atoms in total. The maximum Gasteiger partial charge on any atom is 0.524 e. The Balaban J connectivity index is 6.57. The molecule has 0 radical (unpaired) electrons. The average Bonchev–Trinajstić information content (AvgIpc) is 2.66. The average molecular weight is 442 g/mol. The number of nitrogens with zero attached hydrogens (tertiary/aromatic N) is 1. The van der Waals surface area contributed by atoms with Crippen molar-refractivity contribution in [2.24, 2.45) is 0 Å². The van der Waals surface area contributed by atoms with Crippen molar-refractivity contribution in [1.29, 1.82) is 0 Å². The van der Waals surface area contributed by atoms with Crippen LogP contribution in [0.15, 0.2) is 0 Å². The highest BCUT2D eigenvalue weighted by atomic mass is 28.4. The second kappa shape index (κ2) is 11.6. The topological polar surface area (TPSA) is 84.9 Å². The van der Waals surface area contributed by atoms with Crippen molar-refractivity contribution in [3.63, 3.8) is 0 Å². The van der Waals surface area contributed by atoms with Gasteiger partial charge in [0, 0.05) is 42.7 Å². The molecule has 0 saturated carbocycles. The minimum absolute atomic E-state index is 0.513. The Bertz CT molecular complexity index is 422. The van der Waals surface area contributed by atoms with Gasteiger partial charge in [-0.05, 0) is 33.6 Å². The van der Waals surface area contributed by atoms with Gasteiger partial charge in [-0.15, -0.1) is 0 Å². The highest BCUT2D eigenvalue weighted by Gasteiger charge is 2.59. The van der Waals surface area contributed by atoms with E-state index in [2.05, 4.69) is 0 Å². The summed E-state index contributed by atoms with van der Waals surface area (Å²) in [5.74, 6) is 0. The van der Waals surface area contributed by atoms with Gasteiger partial charge in [0.25, 0.3) is 0 Å². The summed E-state index contributed by atoms with van der Waals surface area (Å²) < 4.78 is 39.9. The van der Waals surface area contributed by atoms with Gasteiger partial charge in [0.2, 0.25) is 0 Å². The van der Waals surface area contributed by atoms with Gasteiger partial charge in [-0.25, -0.2) is 4.79 Å². The normalized spacial score (nSPS) is 15.2. The van der Waals surface area contributed by atoms with Crippen molar-refractivity contribution in [2.75, 3.05) is 42.7 Å². The van der Waals surface area contributed by atoms with Gasteiger partial charge in [0.1, 0.15) is 16.9 Å². The lowest BCUT2D eigenvalue weighted by Gasteiger charge is -2.46. The van der Waals surface area contributed by atoms with E-state index < -0.39 is 40.6 Å². The molecule has 0 aliphatic carbocycles. The molecule has 0 aromatic carbocycles. The highest BCUT2D eigenvalue weighted by Crippen LogP contribution is 2.30. The van der Waals surface area contributed by atoms with Crippen LogP contribution in [0.2, 0.25) is 0 Å². The molecule has 168 valence electrons. The van der Waals surface area contributed by atoms with Gasteiger partial charge < -0.3 is 31.3 Å². The quantitative estimate of drug-likeness (QED) is 0.427. The monoisotopic (exact) mass is 441 g/mol. The SMILES string of the molecule is CCC(N(C(=O)OC(C)(C)C)C(CC)[Si](OC)(OC)OC)[Si](OC)(OC)OC. The third kappa shape index (κ3) is 5.98. The molecule has 0 fully saturated rings. The molecule has 2 unspecified atom stereocenters. The second-order valence-electron chi connectivity index (χ2n) is 7.17. The molecule has 0 aliphatic heterocycles. The van der Waals surface area contributed by atoms with Crippen LogP contribution in [-0.2, 0) is 31.3 Å². The van der Waals surface area contributed by atoms with Gasteiger partial charge in [-0.3, -0.25) is 4.90 Å². The highest BCUT2D eigenvalue weighted by molar-refractivity contribution is 6.64. The third-order valence-corrected chi connectivity index (χ3v) is 11.0. The summed E-state index contributed by atoms with van der Waals surface area (Å²) in [6, 6.07) is 0. The maximum absolute atomic E-state index is 13.4. The fraction of sp³-hybridized carbons (Fsp3) is 0.941. The van der Waals surface area contributed by atoms with Crippen LogP contribution in [0.25, 0.3) is 0 Å². The van der Waals surface area contributed by atoms with E-state index in [4.69, 9.17) is 31.3 Å². The molecule has 2 atom stereocenters. The van der Waals surface area contributed by atoms with Crippen LogP contribution in [0.5, 0.6) is 0 Å². The molecule has 0 saturated heterocycles. The van der Waals surface area contributed by atoms with Crippen LogP contribution in [0.3, 0.4) is 0 Å². The van der Waals surface area contributed by atoms with Crippen LogP contribution in [0.1, 0.15) is 47.5 Å². The van der Waals surface area contributed by atoms with Crippen LogP contribution in [0, 0.1) is 0 Å². The predicted octanol–water partition coefficient (Wildman–Crippen LogP) is 2.62. The van der Waals surface area contributed by atoms with Crippen molar-refractivity contribution in [1.82, 2.24) is 4.90 Å². The maximum atomic E-state index is 13.4. The van der Waals surface area contributed by atoms with E-state index in [1.54, 1.807) is 4.90 Å². The first-order valence-corrected chi connectivity index (χ1v) is 12.9. The molecular weight excluding hydrogens is 402 g/mol. The van der Waals surface area contributed by atoms with E-state index in [-0.39, 0.29) is 0 Å². The predicted molar refractivity (Wildman–Crippen MR) is 110 cm³/mol. The van der Waals surface area contributed by atoms with Crippen molar-refractivity contribution in [3.8, 4) is 0 Å². The van der Waals surface area contributed by atoms with Gasteiger partial charge in [-0.1, -0.05) is 13.8 Å². The van der Waals surface area contributed by atoms with E-state index >= 15 is 0 Å². The number of carbonyl (C=O) groups is 1. The number of ether oxygens (including phenoxy) is 1. The molecule has 0 spiro atoms. The molecular formula is C17H39NO8Si2. The Morgan fingerprint density at radius 1 is 0.750 bits per heavy atom. The Labute approximate surface area is 172 Å². The van der Waals surface area contributed by atoms with E-state index in [1.165, 1.54) is 42.7 Å². The molecule has 0 heterocycles. The lowest BCUT2D eigenvalue weighted by atomic mass is 10.2. The second-order valence-corrected chi connectivity index (χ2v) is 13.4. The summed E-state index contributed by atoms with van der Waals surface area (Å²) >= 11 is 0. The summed E-state index contributed by atoms with van der Waals surface area (Å²) in [5.41, 5.74) is -1.75. The molecule has 0 aromatic heterocycles. The van der Waals surface area contributed by atoms with Crippen LogP contribution >= 0.6 is 0 Å². The van der Waals surface area contributed by atoms with Crippen LogP contribution < -0.4 is 0 Å². The molecule has 0 bridgehead atoms. The minimum atomic E-state index is -3.26. The van der Waals surface area contributed by atoms with E-state index in [1.807, 2.05) is 34.6 Å². The van der Waals surface area contributed by atoms with Crippen molar-refractivity contribution in [2.45, 2.75) is 64.4 Å². The van der Waals surface area contributed by atoms with Gasteiger partial charge >= 0.3 is 23.7 Å². The molecule has 0 aromatic rings. The number of amides is 1. The Kier molecular flexibility index (Phi) is 11.4. The Hall–Kier alpha value is -0.536. The van der Waals surface area contributed by atoms with E-state index in [0.29, 0.717) is 12.8 Å². The standard InChI is InChI=1S/C17H39NO8Si2/c1-12-14(27(20-6,21-7)22-8)18(16(19)26-17(3,4)5)15(13-2)28(23-9,24-10)25-11/h14-15H,12-13H2,1-11H3. The Morgan fingerprint density at radius 3 is 1.21 bits per heavy atom. The molecule has 0 aliphatic rings. The Morgan fingerprint density at radius 2 is 1.04 bits per heavy atom. The smallest absolute Gasteiger partial charge is 0.444 e. The van der Waals surface area contributed by atoms with E-state index in [0.717, 1.165) is 0 Å². The zero-order chi connectivity index (χ0) is 22.2. The first-order valence-electron chi connectivity index (χ1n) is 9.33. The van der Waals surface area contributed by atoms with Gasteiger partial charge in [-0.2, -0.15) is 0 Å². The molecule has 0 N–H and O–H groups in total. The zero-order valence-corrected chi connectivity index (χ0v) is 21.3. The zero-order valence-electron chi connectivity index (χ0n) is 19.3. The van der Waals surface area contributed by atoms with Gasteiger partial charge in [0.05, 0.1) is 0 Å². The number of carbonyl (C=O) groups excluding carboxylic acids is 1. The third-order valence-electron chi connectivity index (χ3n) is 4.57. The lowest BCUT2D eigenvalue weighted by Crippen LogP contribution is -2.71. The van der Waals surface area contributed by atoms with Crippen LogP contribution in [-0.4, -0.2) is 88.2 Å². The van der Waals surface area contributed by atoms with Crippen LogP contribution in [0.4, 0.5) is 4.79 Å². The van der Waals surface area contributed by atoms with Crippen molar-refractivity contribution in [3.05, 3.63) is 0 Å². The lowest BCUT2D eigenvalue weighted by molar-refractivity contribution is -0.00900. The molecule has 28 heavy (non-hydrogen) atoms. The number of hydrogen-bond donors (Lipinski definition) is 0. The number of rotatable bonds is 12. The molecule has 1 amide bonds. The first kappa shape index (κ1) is 27.5. The fourth-order valence-corrected chi connectivity index (χ4v) is 8.37. The summed E-state index contributed by atoms with van der Waals surface area (Å²) in [4.78, 5) is 14.9. The largest absolute Gasteiger partial charge is 0.524 e. The summed E-state index contributed by atoms with van der Waals surface area (Å²) in [7, 11) is 2.58. The van der Waals surface area contributed by atoms with Crippen molar-refractivity contribution < 1.29 is 36.1 Å². The molecule has 0 rings (SSSR count). The van der Waals surface area contributed by atoms with E-state index in [9.17, 15) is 4.79 Å². The molecule has 11 heteroatoms. The summed E-state index contributed by atoms with van der Waals surface area (Å²) in [6.45, 7) is 9.30. The number of hydrogen-bond acceptors (Lipinski definition) is 8. The fourth-order valence-electron chi connectivity index (χ4n) is 3.34. The van der Waals surface area contributed by atoms with Crippen molar-refractivity contribution >= 4 is 23.7 Å². The summed E-state index contributed by atoms with van der Waals surface area (Å²) in [6.07, 6.45) is 0.496. The minimum Gasteiger partial charge on any atom is -0.444 e.